The molecule has 0 saturated heterocycles. The van der Waals surface area contributed by atoms with Gasteiger partial charge in [-0.3, -0.25) is 0 Å². The first-order valence-electron chi connectivity index (χ1n) is 4.50. The molecule has 0 aromatic rings. The van der Waals surface area contributed by atoms with Gasteiger partial charge >= 0.3 is 0 Å². The standard InChI is InChI=1S/C9H22N2O/c1-8(11-6-5-10)7-9(2,3)12-4/h8,11H,5-7,10H2,1-4H3. The fourth-order valence-corrected chi connectivity index (χ4v) is 1.22. The van der Waals surface area contributed by atoms with Crippen LogP contribution in [0.3, 0.4) is 0 Å². The third kappa shape index (κ3) is 5.52. The van der Waals surface area contributed by atoms with Crippen LogP contribution in [0.2, 0.25) is 0 Å². The first kappa shape index (κ1) is 11.9. The number of hydrogen-bond acceptors (Lipinski definition) is 3. The van der Waals surface area contributed by atoms with E-state index in [4.69, 9.17) is 10.5 Å². The Balaban J connectivity index is 3.60. The highest BCUT2D eigenvalue weighted by Gasteiger charge is 2.19. The second-order valence-corrected chi connectivity index (χ2v) is 3.81. The van der Waals surface area contributed by atoms with Crippen LogP contribution in [-0.4, -0.2) is 31.8 Å². The minimum absolute atomic E-state index is 0.0407. The maximum atomic E-state index is 5.38. The van der Waals surface area contributed by atoms with Gasteiger partial charge in [0.15, 0.2) is 0 Å². The molecule has 0 radical (unpaired) electrons. The van der Waals surface area contributed by atoms with Crippen LogP contribution in [0.25, 0.3) is 0 Å². The summed E-state index contributed by atoms with van der Waals surface area (Å²) in [5, 5.41) is 3.32. The van der Waals surface area contributed by atoms with Crippen molar-refractivity contribution in [3.63, 3.8) is 0 Å². The van der Waals surface area contributed by atoms with E-state index in [1.807, 2.05) is 0 Å². The van der Waals surface area contributed by atoms with Gasteiger partial charge < -0.3 is 15.8 Å². The number of nitrogens with one attached hydrogen (secondary N) is 1. The number of rotatable bonds is 6. The van der Waals surface area contributed by atoms with Crippen molar-refractivity contribution in [3.05, 3.63) is 0 Å². The highest BCUT2D eigenvalue weighted by atomic mass is 16.5. The predicted molar refractivity (Wildman–Crippen MR) is 52.2 cm³/mol. The summed E-state index contributed by atoms with van der Waals surface area (Å²) in [4.78, 5) is 0. The van der Waals surface area contributed by atoms with Gasteiger partial charge in [0.25, 0.3) is 0 Å². The van der Waals surface area contributed by atoms with Crippen molar-refractivity contribution in [1.29, 1.82) is 0 Å². The Kier molecular flexibility index (Phi) is 5.46. The molecule has 3 heteroatoms. The van der Waals surface area contributed by atoms with Crippen LogP contribution < -0.4 is 11.1 Å². The van der Waals surface area contributed by atoms with Crippen molar-refractivity contribution >= 4 is 0 Å². The van der Waals surface area contributed by atoms with Crippen molar-refractivity contribution in [2.45, 2.75) is 38.8 Å². The largest absolute Gasteiger partial charge is 0.379 e. The van der Waals surface area contributed by atoms with E-state index in [-0.39, 0.29) is 5.60 Å². The molecule has 0 aromatic heterocycles. The van der Waals surface area contributed by atoms with Gasteiger partial charge in [-0.05, 0) is 27.2 Å². The van der Waals surface area contributed by atoms with Crippen LogP contribution in [0.5, 0.6) is 0 Å². The fourth-order valence-electron chi connectivity index (χ4n) is 1.22. The normalized spacial score (nSPS) is 14.8. The number of nitrogens with two attached hydrogens (primary N) is 1. The molecule has 1 unspecified atom stereocenters. The maximum Gasteiger partial charge on any atom is 0.0637 e. The average molecular weight is 174 g/mol. The molecule has 0 amide bonds. The molecule has 1 atom stereocenters. The van der Waals surface area contributed by atoms with Gasteiger partial charge in [-0.25, -0.2) is 0 Å². The summed E-state index contributed by atoms with van der Waals surface area (Å²) in [7, 11) is 1.75. The molecular weight excluding hydrogens is 152 g/mol. The van der Waals surface area contributed by atoms with Crippen LogP contribution in [0.1, 0.15) is 27.2 Å². The molecule has 0 aliphatic carbocycles. The molecule has 0 saturated carbocycles. The molecule has 0 spiro atoms. The monoisotopic (exact) mass is 174 g/mol. The molecule has 0 aliphatic rings. The minimum atomic E-state index is -0.0407. The summed E-state index contributed by atoms with van der Waals surface area (Å²) in [6.07, 6.45) is 1.00. The van der Waals surface area contributed by atoms with Crippen LogP contribution in [0.15, 0.2) is 0 Å². The van der Waals surface area contributed by atoms with E-state index in [0.29, 0.717) is 12.6 Å². The van der Waals surface area contributed by atoms with E-state index in [2.05, 4.69) is 26.1 Å². The summed E-state index contributed by atoms with van der Waals surface area (Å²) in [6.45, 7) is 7.90. The summed E-state index contributed by atoms with van der Waals surface area (Å²) in [6, 6.07) is 0.462. The van der Waals surface area contributed by atoms with Gasteiger partial charge in [0.2, 0.25) is 0 Å². The molecule has 0 bridgehead atoms. The van der Waals surface area contributed by atoms with Crippen molar-refractivity contribution in [2.75, 3.05) is 20.2 Å². The van der Waals surface area contributed by atoms with Gasteiger partial charge in [-0.15, -0.1) is 0 Å². The second-order valence-electron chi connectivity index (χ2n) is 3.81. The lowest BCUT2D eigenvalue weighted by Crippen LogP contribution is -2.37. The molecule has 0 heterocycles. The van der Waals surface area contributed by atoms with Crippen LogP contribution in [0, 0.1) is 0 Å². The smallest absolute Gasteiger partial charge is 0.0637 e. The molecular formula is C9H22N2O. The quantitative estimate of drug-likeness (QED) is 0.624. The summed E-state index contributed by atoms with van der Waals surface area (Å²) in [5.74, 6) is 0. The Morgan fingerprint density at radius 2 is 2.08 bits per heavy atom. The Morgan fingerprint density at radius 3 is 2.50 bits per heavy atom. The third-order valence-electron chi connectivity index (χ3n) is 1.99. The Bertz CT molecular complexity index is 115. The van der Waals surface area contributed by atoms with Gasteiger partial charge in [-0.2, -0.15) is 0 Å². The molecule has 0 rings (SSSR count). The fraction of sp³-hybridized carbons (Fsp3) is 1.00. The molecule has 3 nitrogen and oxygen atoms in total. The Morgan fingerprint density at radius 1 is 1.50 bits per heavy atom. The topological polar surface area (TPSA) is 47.3 Å². The Labute approximate surface area is 75.7 Å². The molecule has 12 heavy (non-hydrogen) atoms. The minimum Gasteiger partial charge on any atom is -0.379 e. The van der Waals surface area contributed by atoms with Crippen molar-refractivity contribution in [3.8, 4) is 0 Å². The number of methoxy groups -OCH3 is 1. The Hall–Kier alpha value is -0.120. The highest BCUT2D eigenvalue weighted by molar-refractivity contribution is 4.75. The molecule has 0 fully saturated rings. The zero-order valence-corrected chi connectivity index (χ0v) is 8.68. The van der Waals surface area contributed by atoms with Gasteiger partial charge in [0.05, 0.1) is 5.60 Å². The van der Waals surface area contributed by atoms with E-state index in [1.54, 1.807) is 7.11 Å². The van der Waals surface area contributed by atoms with Crippen LogP contribution in [0.4, 0.5) is 0 Å². The number of ether oxygens (including phenoxy) is 1. The van der Waals surface area contributed by atoms with Gasteiger partial charge in [0, 0.05) is 26.2 Å². The van der Waals surface area contributed by atoms with E-state index in [1.165, 1.54) is 0 Å². The second kappa shape index (κ2) is 5.51. The third-order valence-corrected chi connectivity index (χ3v) is 1.99. The zero-order chi connectivity index (χ0) is 9.61. The average Bonchev–Trinajstić information content (AvgIpc) is 2.00. The molecule has 74 valence electrons. The molecule has 3 N–H and O–H groups in total. The van der Waals surface area contributed by atoms with Crippen molar-refractivity contribution in [1.82, 2.24) is 5.32 Å². The lowest BCUT2D eigenvalue weighted by molar-refractivity contribution is 0.00869. The summed E-state index contributed by atoms with van der Waals surface area (Å²) < 4.78 is 5.32. The van der Waals surface area contributed by atoms with Crippen molar-refractivity contribution in [2.24, 2.45) is 5.73 Å². The summed E-state index contributed by atoms with van der Waals surface area (Å²) >= 11 is 0. The highest BCUT2D eigenvalue weighted by Crippen LogP contribution is 2.14. The van der Waals surface area contributed by atoms with E-state index in [9.17, 15) is 0 Å². The lowest BCUT2D eigenvalue weighted by Gasteiger charge is -2.27. The lowest BCUT2D eigenvalue weighted by atomic mass is 10.00. The molecule has 0 aromatic carbocycles. The summed E-state index contributed by atoms with van der Waals surface area (Å²) in [5.41, 5.74) is 5.34. The van der Waals surface area contributed by atoms with Crippen LogP contribution >= 0.6 is 0 Å². The van der Waals surface area contributed by atoms with E-state index >= 15 is 0 Å². The first-order valence-corrected chi connectivity index (χ1v) is 4.50. The first-order chi connectivity index (χ1) is 5.52. The van der Waals surface area contributed by atoms with E-state index in [0.717, 1.165) is 13.0 Å². The van der Waals surface area contributed by atoms with Crippen LogP contribution in [-0.2, 0) is 4.74 Å². The van der Waals surface area contributed by atoms with Crippen molar-refractivity contribution < 1.29 is 4.74 Å². The van der Waals surface area contributed by atoms with Gasteiger partial charge in [-0.1, -0.05) is 0 Å². The van der Waals surface area contributed by atoms with E-state index < -0.39 is 0 Å². The number of hydrogen-bond donors (Lipinski definition) is 2. The zero-order valence-electron chi connectivity index (χ0n) is 8.68. The van der Waals surface area contributed by atoms with Gasteiger partial charge in [0.1, 0.15) is 0 Å². The SMILES string of the molecule is COC(C)(C)CC(C)NCCN. The molecule has 0 aliphatic heterocycles. The maximum absolute atomic E-state index is 5.38. The predicted octanol–water partition coefficient (Wildman–Crippen LogP) is 0.738.